The predicted molar refractivity (Wildman–Crippen MR) is 79.0 cm³/mol. The molecule has 3 aliphatic carbocycles. The highest BCUT2D eigenvalue weighted by atomic mass is 19.4. The van der Waals surface area contributed by atoms with E-state index in [0.717, 1.165) is 0 Å². The number of rotatable bonds is 3. The molecule has 0 spiro atoms. The molecule has 24 heavy (non-hydrogen) atoms. The van der Waals surface area contributed by atoms with Crippen LogP contribution in [0.15, 0.2) is 0 Å². The van der Waals surface area contributed by atoms with Gasteiger partial charge in [-0.05, 0) is 33.1 Å². The monoisotopic (exact) mass is 348 g/mol. The van der Waals surface area contributed by atoms with Crippen molar-refractivity contribution < 1.29 is 27.5 Å². The molecule has 8 heteroatoms. The van der Waals surface area contributed by atoms with Gasteiger partial charge >= 0.3 is 6.18 Å². The van der Waals surface area contributed by atoms with Crippen molar-refractivity contribution >= 4 is 11.8 Å². The van der Waals surface area contributed by atoms with Gasteiger partial charge in [0.25, 0.3) is 0 Å². The van der Waals surface area contributed by atoms with Gasteiger partial charge in [-0.3, -0.25) is 9.59 Å². The van der Waals surface area contributed by atoms with Crippen LogP contribution in [-0.4, -0.2) is 66.7 Å². The Labute approximate surface area is 139 Å². The second-order valence-electron chi connectivity index (χ2n) is 7.73. The third-order valence-corrected chi connectivity index (χ3v) is 5.85. The highest BCUT2D eigenvalue weighted by molar-refractivity contribution is 5.87. The number of ether oxygens (including phenoxy) is 1. The minimum Gasteiger partial charge on any atom is -0.375 e. The number of nitrogens with zero attached hydrogens (tertiary/aromatic N) is 2. The van der Waals surface area contributed by atoms with Crippen molar-refractivity contribution in [1.82, 2.24) is 9.80 Å². The number of alkyl halides is 3. The van der Waals surface area contributed by atoms with E-state index < -0.39 is 17.0 Å². The Morgan fingerprint density at radius 1 is 1.12 bits per heavy atom. The summed E-state index contributed by atoms with van der Waals surface area (Å²) in [5.74, 6) is -0.308. The smallest absolute Gasteiger partial charge is 0.375 e. The van der Waals surface area contributed by atoms with Gasteiger partial charge in [-0.2, -0.15) is 13.2 Å². The Morgan fingerprint density at radius 3 is 2.04 bits per heavy atom. The fraction of sp³-hybridized carbons (Fsp3) is 0.875. The predicted octanol–water partition coefficient (Wildman–Crippen LogP) is 1.81. The lowest BCUT2D eigenvalue weighted by Crippen LogP contribution is -2.74. The SMILES string of the molecule is COCC(=O)N1C(C)CN(C(=O)C23CC(C(F)(F)F)(C2)C3)CC1C. The standard InChI is InChI=1S/C16H23F3N2O3/c1-10-4-20(5-11(2)21(10)12(22)6-24-3)13(23)14-7-15(8-14,9-14)16(17,18)19/h10-11H,4-9H2,1-3H3. The van der Waals surface area contributed by atoms with Crippen LogP contribution in [0, 0.1) is 10.8 Å². The van der Waals surface area contributed by atoms with E-state index in [0.29, 0.717) is 13.1 Å². The van der Waals surface area contributed by atoms with Crippen LogP contribution in [0.3, 0.4) is 0 Å². The zero-order valence-electron chi connectivity index (χ0n) is 14.2. The van der Waals surface area contributed by atoms with E-state index >= 15 is 0 Å². The molecule has 1 heterocycles. The first-order valence-corrected chi connectivity index (χ1v) is 8.21. The molecule has 4 rings (SSSR count). The van der Waals surface area contributed by atoms with Crippen LogP contribution < -0.4 is 0 Å². The van der Waals surface area contributed by atoms with Crippen LogP contribution in [0.4, 0.5) is 13.2 Å². The molecule has 0 aromatic carbocycles. The first kappa shape index (κ1) is 17.5. The lowest BCUT2D eigenvalue weighted by molar-refractivity contribution is -0.353. The summed E-state index contributed by atoms with van der Waals surface area (Å²) in [7, 11) is 1.45. The molecule has 0 N–H and O–H groups in total. The van der Waals surface area contributed by atoms with E-state index in [-0.39, 0.29) is 49.8 Å². The molecular formula is C16H23F3N2O3. The minimum atomic E-state index is -4.21. The van der Waals surface area contributed by atoms with E-state index in [4.69, 9.17) is 4.74 Å². The number of methoxy groups -OCH3 is 1. The third-order valence-electron chi connectivity index (χ3n) is 5.85. The van der Waals surface area contributed by atoms with Crippen LogP contribution in [0.25, 0.3) is 0 Å². The van der Waals surface area contributed by atoms with E-state index in [9.17, 15) is 22.8 Å². The molecule has 2 atom stereocenters. The normalized spacial score (nSPS) is 38.4. The zero-order valence-corrected chi connectivity index (χ0v) is 14.2. The molecule has 2 amide bonds. The van der Waals surface area contributed by atoms with Crippen molar-refractivity contribution in [3.05, 3.63) is 0 Å². The second kappa shape index (κ2) is 5.34. The fourth-order valence-electron chi connectivity index (χ4n) is 4.83. The fourth-order valence-corrected chi connectivity index (χ4v) is 4.83. The Balaban J connectivity index is 1.63. The summed E-state index contributed by atoms with van der Waals surface area (Å²) >= 11 is 0. The molecule has 0 aromatic heterocycles. The second-order valence-corrected chi connectivity index (χ2v) is 7.73. The van der Waals surface area contributed by atoms with Gasteiger partial charge in [-0.1, -0.05) is 0 Å². The van der Waals surface area contributed by atoms with Crippen molar-refractivity contribution in [3.63, 3.8) is 0 Å². The molecule has 1 saturated heterocycles. The molecule has 4 fully saturated rings. The van der Waals surface area contributed by atoms with Gasteiger partial charge in [0.15, 0.2) is 0 Å². The van der Waals surface area contributed by atoms with Crippen LogP contribution in [0.5, 0.6) is 0 Å². The maximum absolute atomic E-state index is 13.0. The number of hydrogen-bond acceptors (Lipinski definition) is 3. The van der Waals surface area contributed by atoms with Crippen LogP contribution >= 0.6 is 0 Å². The number of amides is 2. The Bertz CT molecular complexity index is 531. The molecule has 136 valence electrons. The number of piperazine rings is 1. The summed E-state index contributed by atoms with van der Waals surface area (Å²) in [5, 5.41) is 0. The van der Waals surface area contributed by atoms with Gasteiger partial charge in [0.2, 0.25) is 11.8 Å². The van der Waals surface area contributed by atoms with Crippen molar-refractivity contribution in [3.8, 4) is 0 Å². The van der Waals surface area contributed by atoms with E-state index in [1.165, 1.54) is 7.11 Å². The van der Waals surface area contributed by atoms with Crippen LogP contribution in [0.2, 0.25) is 0 Å². The molecule has 5 nitrogen and oxygen atoms in total. The molecule has 0 aromatic rings. The van der Waals surface area contributed by atoms with Gasteiger partial charge < -0.3 is 14.5 Å². The van der Waals surface area contributed by atoms with Crippen LogP contribution in [-0.2, 0) is 14.3 Å². The highest BCUT2D eigenvalue weighted by Gasteiger charge is 2.81. The summed E-state index contributed by atoms with van der Waals surface area (Å²) < 4.78 is 43.7. The van der Waals surface area contributed by atoms with Gasteiger partial charge in [0, 0.05) is 32.3 Å². The molecule has 3 saturated carbocycles. The molecule has 4 aliphatic rings. The molecule has 1 aliphatic heterocycles. The van der Waals surface area contributed by atoms with Crippen molar-refractivity contribution in [2.24, 2.45) is 10.8 Å². The molecule has 2 unspecified atom stereocenters. The summed E-state index contributed by atoms with van der Waals surface area (Å²) in [6.45, 7) is 4.41. The maximum atomic E-state index is 13.0. The summed E-state index contributed by atoms with van der Waals surface area (Å²) in [6.07, 6.45) is -4.43. The third kappa shape index (κ3) is 2.33. The Morgan fingerprint density at radius 2 is 1.62 bits per heavy atom. The van der Waals surface area contributed by atoms with Gasteiger partial charge in [0.05, 0.1) is 10.8 Å². The average Bonchev–Trinajstić information content (AvgIpc) is 2.32. The van der Waals surface area contributed by atoms with Gasteiger partial charge in [-0.15, -0.1) is 0 Å². The van der Waals surface area contributed by atoms with Gasteiger partial charge in [-0.25, -0.2) is 0 Å². The van der Waals surface area contributed by atoms with Crippen molar-refractivity contribution in [2.75, 3.05) is 26.8 Å². The van der Waals surface area contributed by atoms with E-state index in [2.05, 4.69) is 0 Å². The minimum absolute atomic E-state index is 0.0132. The van der Waals surface area contributed by atoms with E-state index in [1.54, 1.807) is 9.80 Å². The number of carbonyl (C=O) groups is 2. The topological polar surface area (TPSA) is 49.9 Å². The molecule has 0 radical (unpaired) electrons. The van der Waals surface area contributed by atoms with Crippen molar-refractivity contribution in [1.29, 1.82) is 0 Å². The first-order valence-electron chi connectivity index (χ1n) is 8.21. The average molecular weight is 348 g/mol. The number of hydrogen-bond donors (Lipinski definition) is 0. The van der Waals surface area contributed by atoms with Crippen LogP contribution in [0.1, 0.15) is 33.1 Å². The summed E-state index contributed by atoms with van der Waals surface area (Å²) in [5.41, 5.74) is -2.43. The largest absolute Gasteiger partial charge is 0.394 e. The van der Waals surface area contributed by atoms with Gasteiger partial charge in [0.1, 0.15) is 6.61 Å². The molecule has 2 bridgehead atoms. The lowest BCUT2D eigenvalue weighted by Gasteiger charge is -2.70. The first-order chi connectivity index (χ1) is 11.1. The summed E-state index contributed by atoms with van der Waals surface area (Å²) in [4.78, 5) is 28.2. The summed E-state index contributed by atoms with van der Waals surface area (Å²) in [6, 6.07) is -0.353. The zero-order chi connectivity index (χ0) is 17.9. The quantitative estimate of drug-likeness (QED) is 0.782. The number of carbonyl (C=O) groups excluding carboxylic acids is 2. The lowest BCUT2D eigenvalue weighted by atomic mass is 9.34. The molecular weight excluding hydrogens is 325 g/mol. The Kier molecular flexibility index (Phi) is 3.90. The van der Waals surface area contributed by atoms with Crippen molar-refractivity contribution in [2.45, 2.75) is 51.4 Å². The van der Waals surface area contributed by atoms with E-state index in [1.807, 2.05) is 13.8 Å². The highest BCUT2D eigenvalue weighted by Crippen LogP contribution is 2.78. The number of halogens is 3. The maximum Gasteiger partial charge on any atom is 0.394 e. The Hall–Kier alpha value is -1.31.